The topological polar surface area (TPSA) is 73.2 Å². The van der Waals surface area contributed by atoms with Crippen LogP contribution in [0.2, 0.25) is 0 Å². The average molecular weight is 403 g/mol. The summed E-state index contributed by atoms with van der Waals surface area (Å²) >= 11 is 0. The maximum absolute atomic E-state index is 12.1. The summed E-state index contributed by atoms with van der Waals surface area (Å²) in [6.07, 6.45) is 5.55. The Kier molecular flexibility index (Phi) is 7.16. The molecule has 1 atom stereocenters. The molecular formula is C24H25N3O3. The summed E-state index contributed by atoms with van der Waals surface area (Å²) < 4.78 is 6.97. The van der Waals surface area contributed by atoms with Gasteiger partial charge in [-0.15, -0.1) is 0 Å². The average Bonchev–Trinajstić information content (AvgIpc) is 3.19. The van der Waals surface area contributed by atoms with Crippen LogP contribution in [0.3, 0.4) is 0 Å². The number of carbonyl (C=O) groups excluding carboxylic acids is 2. The first-order valence-electron chi connectivity index (χ1n) is 9.78. The third-order valence-corrected chi connectivity index (χ3v) is 4.50. The smallest absolute Gasteiger partial charge is 0.331 e. The van der Waals surface area contributed by atoms with E-state index in [1.54, 1.807) is 23.9 Å². The van der Waals surface area contributed by atoms with E-state index in [2.05, 4.69) is 10.4 Å². The van der Waals surface area contributed by atoms with Gasteiger partial charge in [0.15, 0.2) is 6.10 Å². The number of hydrogen-bond acceptors (Lipinski definition) is 4. The van der Waals surface area contributed by atoms with Crippen molar-refractivity contribution in [3.05, 3.63) is 95.3 Å². The molecule has 0 aliphatic rings. The Morgan fingerprint density at radius 1 is 1.10 bits per heavy atom. The predicted molar refractivity (Wildman–Crippen MR) is 115 cm³/mol. The maximum atomic E-state index is 12.1. The van der Waals surface area contributed by atoms with Gasteiger partial charge >= 0.3 is 5.97 Å². The van der Waals surface area contributed by atoms with Crippen molar-refractivity contribution in [3.8, 4) is 0 Å². The molecule has 1 N–H and O–H groups in total. The summed E-state index contributed by atoms with van der Waals surface area (Å²) in [5.74, 6) is -0.920. The van der Waals surface area contributed by atoms with E-state index in [-0.39, 0.29) is 5.91 Å². The minimum absolute atomic E-state index is 0.340. The third kappa shape index (κ3) is 6.44. The molecule has 3 rings (SSSR count). The molecular weight excluding hydrogens is 378 g/mol. The van der Waals surface area contributed by atoms with E-state index < -0.39 is 12.1 Å². The number of esters is 1. The van der Waals surface area contributed by atoms with Gasteiger partial charge in [0.2, 0.25) is 0 Å². The van der Waals surface area contributed by atoms with E-state index in [9.17, 15) is 9.59 Å². The number of aromatic nitrogens is 2. The van der Waals surface area contributed by atoms with Crippen LogP contribution < -0.4 is 5.32 Å². The van der Waals surface area contributed by atoms with Crippen LogP contribution in [0.25, 0.3) is 6.08 Å². The molecule has 30 heavy (non-hydrogen) atoms. The summed E-state index contributed by atoms with van der Waals surface area (Å²) in [6.45, 7) is 4.59. The highest BCUT2D eigenvalue weighted by atomic mass is 16.5. The van der Waals surface area contributed by atoms with E-state index in [0.717, 1.165) is 22.3 Å². The van der Waals surface area contributed by atoms with Crippen LogP contribution in [0.1, 0.15) is 29.2 Å². The lowest BCUT2D eigenvalue weighted by Crippen LogP contribution is -2.35. The SMILES string of the molecule is Cc1ccc(CNC(=O)[C@H](C)OC(=O)/C=C/c2cnn(Cc3ccccc3)c2)cc1. The van der Waals surface area contributed by atoms with Crippen molar-refractivity contribution in [2.45, 2.75) is 33.0 Å². The van der Waals surface area contributed by atoms with E-state index in [1.807, 2.05) is 67.7 Å². The minimum Gasteiger partial charge on any atom is -0.449 e. The maximum Gasteiger partial charge on any atom is 0.331 e. The molecule has 1 aromatic heterocycles. The normalized spacial score (nSPS) is 11.9. The van der Waals surface area contributed by atoms with Crippen molar-refractivity contribution in [3.63, 3.8) is 0 Å². The van der Waals surface area contributed by atoms with E-state index >= 15 is 0 Å². The molecule has 154 valence electrons. The van der Waals surface area contributed by atoms with E-state index in [0.29, 0.717) is 13.1 Å². The molecule has 0 radical (unpaired) electrons. The monoisotopic (exact) mass is 403 g/mol. The fourth-order valence-electron chi connectivity index (χ4n) is 2.79. The molecule has 0 bridgehead atoms. The molecule has 6 nitrogen and oxygen atoms in total. The van der Waals surface area contributed by atoms with Gasteiger partial charge < -0.3 is 10.1 Å². The number of carbonyl (C=O) groups is 2. The summed E-state index contributed by atoms with van der Waals surface area (Å²) in [4.78, 5) is 24.2. The molecule has 1 amide bonds. The Balaban J connectivity index is 1.45. The first-order chi connectivity index (χ1) is 14.5. The number of nitrogens with one attached hydrogen (secondary N) is 1. The van der Waals surface area contributed by atoms with E-state index in [1.165, 1.54) is 6.08 Å². The van der Waals surface area contributed by atoms with E-state index in [4.69, 9.17) is 4.74 Å². The van der Waals surface area contributed by atoms with Gasteiger partial charge in [-0.05, 0) is 31.1 Å². The molecule has 0 unspecified atom stereocenters. The lowest BCUT2D eigenvalue weighted by Gasteiger charge is -2.12. The number of aryl methyl sites for hydroxylation is 1. The van der Waals surface area contributed by atoms with Gasteiger partial charge in [0, 0.05) is 24.4 Å². The Morgan fingerprint density at radius 3 is 2.57 bits per heavy atom. The van der Waals surface area contributed by atoms with Gasteiger partial charge in [-0.1, -0.05) is 60.2 Å². The molecule has 3 aromatic rings. The first-order valence-corrected chi connectivity index (χ1v) is 9.78. The quantitative estimate of drug-likeness (QED) is 0.462. The molecule has 6 heteroatoms. The van der Waals surface area contributed by atoms with Crippen LogP contribution in [-0.2, 0) is 27.4 Å². The number of hydrogen-bond donors (Lipinski definition) is 1. The second-order valence-electron chi connectivity index (χ2n) is 7.07. The van der Waals surface area contributed by atoms with Crippen molar-refractivity contribution >= 4 is 18.0 Å². The van der Waals surface area contributed by atoms with Crippen LogP contribution in [-0.4, -0.2) is 27.8 Å². The molecule has 0 aliphatic heterocycles. The molecule has 0 fully saturated rings. The zero-order chi connectivity index (χ0) is 21.3. The fourth-order valence-corrected chi connectivity index (χ4v) is 2.79. The highest BCUT2D eigenvalue weighted by Crippen LogP contribution is 2.06. The number of nitrogens with zero attached hydrogens (tertiary/aromatic N) is 2. The highest BCUT2D eigenvalue weighted by molar-refractivity contribution is 5.90. The van der Waals surface area contributed by atoms with Gasteiger partial charge in [-0.2, -0.15) is 5.10 Å². The van der Waals surface area contributed by atoms with Crippen molar-refractivity contribution < 1.29 is 14.3 Å². The molecule has 0 saturated heterocycles. The van der Waals surface area contributed by atoms with Gasteiger partial charge in [-0.25, -0.2) is 4.79 Å². The number of amides is 1. The molecule has 1 heterocycles. The van der Waals surface area contributed by atoms with Crippen LogP contribution in [0.4, 0.5) is 0 Å². The van der Waals surface area contributed by atoms with Crippen molar-refractivity contribution in [1.82, 2.24) is 15.1 Å². The van der Waals surface area contributed by atoms with Gasteiger partial charge in [0.25, 0.3) is 5.91 Å². The van der Waals surface area contributed by atoms with Crippen LogP contribution in [0.5, 0.6) is 0 Å². The van der Waals surface area contributed by atoms with Gasteiger partial charge in [-0.3, -0.25) is 9.48 Å². The van der Waals surface area contributed by atoms with Crippen molar-refractivity contribution in [2.75, 3.05) is 0 Å². The zero-order valence-electron chi connectivity index (χ0n) is 17.1. The van der Waals surface area contributed by atoms with Gasteiger partial charge in [0.05, 0.1) is 12.7 Å². The lowest BCUT2D eigenvalue weighted by molar-refractivity contribution is -0.150. The van der Waals surface area contributed by atoms with Crippen LogP contribution >= 0.6 is 0 Å². The number of rotatable bonds is 8. The summed E-state index contributed by atoms with van der Waals surface area (Å²) in [7, 11) is 0. The van der Waals surface area contributed by atoms with Crippen LogP contribution in [0, 0.1) is 6.92 Å². The zero-order valence-corrected chi connectivity index (χ0v) is 17.1. The Morgan fingerprint density at radius 2 is 1.83 bits per heavy atom. The molecule has 0 spiro atoms. The third-order valence-electron chi connectivity index (χ3n) is 4.50. The standard InChI is InChI=1S/C24H25N3O3/c1-18-8-10-20(11-9-18)14-25-24(29)19(2)30-23(28)13-12-22-15-26-27(17-22)16-21-6-4-3-5-7-21/h3-13,15,17,19H,14,16H2,1-2H3,(H,25,29)/b13-12+/t19-/m0/s1. The second-order valence-corrected chi connectivity index (χ2v) is 7.07. The fraction of sp³-hybridized carbons (Fsp3) is 0.208. The number of ether oxygens (including phenoxy) is 1. The van der Waals surface area contributed by atoms with Crippen molar-refractivity contribution in [2.24, 2.45) is 0 Å². The van der Waals surface area contributed by atoms with Gasteiger partial charge in [0.1, 0.15) is 0 Å². The summed E-state index contributed by atoms with van der Waals surface area (Å²) in [6, 6.07) is 17.9. The molecule has 0 aliphatic carbocycles. The Labute approximate surface area is 176 Å². The summed E-state index contributed by atoms with van der Waals surface area (Å²) in [5.41, 5.74) is 4.06. The largest absolute Gasteiger partial charge is 0.449 e. The molecule has 2 aromatic carbocycles. The molecule has 0 saturated carbocycles. The second kappa shape index (κ2) is 10.2. The number of benzene rings is 2. The minimum atomic E-state index is -0.881. The lowest BCUT2D eigenvalue weighted by atomic mass is 10.1. The van der Waals surface area contributed by atoms with Crippen LogP contribution in [0.15, 0.2) is 73.1 Å². The van der Waals surface area contributed by atoms with Crippen molar-refractivity contribution in [1.29, 1.82) is 0 Å². The Bertz CT molecular complexity index is 1010. The predicted octanol–water partition coefficient (Wildman–Crippen LogP) is 3.50. The highest BCUT2D eigenvalue weighted by Gasteiger charge is 2.16. The first kappa shape index (κ1) is 21.0. The summed E-state index contributed by atoms with van der Waals surface area (Å²) in [5, 5.41) is 7.06. The Hall–Kier alpha value is -3.67.